The van der Waals surface area contributed by atoms with Crippen LogP contribution in [0.15, 0.2) is 10.9 Å². The molecule has 0 radical (unpaired) electrons. The van der Waals surface area contributed by atoms with E-state index in [1.54, 1.807) is 6.92 Å². The topological polar surface area (TPSA) is 52.4 Å². The van der Waals surface area contributed by atoms with Gasteiger partial charge >= 0.3 is 4.61 Å². The summed E-state index contributed by atoms with van der Waals surface area (Å²) in [5.74, 6) is 0. The van der Waals surface area contributed by atoms with E-state index in [1.807, 2.05) is 0 Å². The molecule has 0 saturated carbocycles. The lowest BCUT2D eigenvalue weighted by molar-refractivity contribution is -0.410. The van der Waals surface area contributed by atoms with Crippen molar-refractivity contribution < 1.29 is 9.66 Å². The molecular formula is C4H6BrNO3. The molecular weight excluding hydrogens is 190 g/mol. The SMILES string of the molecule is CCOC=C(Br)[N+](=O)[O-]. The normalized spacial score (nSPS) is 11.1. The van der Waals surface area contributed by atoms with Crippen molar-refractivity contribution in [2.75, 3.05) is 6.61 Å². The van der Waals surface area contributed by atoms with Crippen LogP contribution >= 0.6 is 15.9 Å². The Morgan fingerprint density at radius 1 is 2.00 bits per heavy atom. The van der Waals surface area contributed by atoms with Crippen LogP contribution in [0.25, 0.3) is 0 Å². The molecule has 9 heavy (non-hydrogen) atoms. The Morgan fingerprint density at radius 3 is 2.89 bits per heavy atom. The predicted octanol–water partition coefficient (Wildman–Crippen LogP) is 1.49. The highest BCUT2D eigenvalue weighted by molar-refractivity contribution is 9.11. The van der Waals surface area contributed by atoms with E-state index in [0.717, 1.165) is 6.26 Å². The van der Waals surface area contributed by atoms with Crippen LogP contribution in [0.3, 0.4) is 0 Å². The van der Waals surface area contributed by atoms with E-state index < -0.39 is 4.92 Å². The molecule has 0 aromatic heterocycles. The van der Waals surface area contributed by atoms with Gasteiger partial charge in [-0.1, -0.05) is 0 Å². The van der Waals surface area contributed by atoms with Gasteiger partial charge in [-0.15, -0.1) is 0 Å². The van der Waals surface area contributed by atoms with Crippen molar-refractivity contribution in [2.24, 2.45) is 0 Å². The minimum atomic E-state index is -0.574. The molecule has 0 aliphatic carbocycles. The molecule has 52 valence electrons. The van der Waals surface area contributed by atoms with Gasteiger partial charge in [0.25, 0.3) is 0 Å². The monoisotopic (exact) mass is 195 g/mol. The Kier molecular flexibility index (Phi) is 4.04. The molecule has 0 atom stereocenters. The second-order valence-corrected chi connectivity index (χ2v) is 1.97. The first-order chi connectivity index (χ1) is 4.18. The maximum absolute atomic E-state index is 9.82. The molecule has 0 rings (SSSR count). The smallest absolute Gasteiger partial charge is 0.344 e. The molecule has 0 spiro atoms. The number of hydrogen-bond acceptors (Lipinski definition) is 3. The van der Waals surface area contributed by atoms with Crippen molar-refractivity contribution in [1.29, 1.82) is 0 Å². The summed E-state index contributed by atoms with van der Waals surface area (Å²) >= 11 is 2.68. The zero-order valence-electron chi connectivity index (χ0n) is 4.83. The Labute approximate surface area is 60.8 Å². The molecule has 0 unspecified atom stereocenters. The summed E-state index contributed by atoms with van der Waals surface area (Å²) in [6.07, 6.45) is 1.06. The lowest BCUT2D eigenvalue weighted by atomic mass is 10.8. The molecule has 0 aliphatic heterocycles. The molecule has 4 nitrogen and oxygen atoms in total. The highest BCUT2D eigenvalue weighted by Crippen LogP contribution is 2.03. The first-order valence-corrected chi connectivity index (χ1v) is 3.09. The molecule has 0 aromatic carbocycles. The van der Waals surface area contributed by atoms with Gasteiger partial charge in [0, 0.05) is 15.9 Å². The molecule has 0 N–H and O–H groups in total. The summed E-state index contributed by atoms with van der Waals surface area (Å²) in [5, 5.41) is 9.82. The van der Waals surface area contributed by atoms with Crippen molar-refractivity contribution in [3.05, 3.63) is 21.0 Å². The lowest BCUT2D eigenvalue weighted by Gasteiger charge is -1.89. The van der Waals surface area contributed by atoms with Gasteiger partial charge in [-0.25, -0.2) is 0 Å². The van der Waals surface area contributed by atoms with Gasteiger partial charge in [-0.3, -0.25) is 10.1 Å². The predicted molar refractivity (Wildman–Crippen MR) is 35.6 cm³/mol. The Bertz CT molecular complexity index is 134. The fourth-order valence-corrected chi connectivity index (χ4v) is 0.327. The number of nitrogens with zero attached hydrogens (tertiary/aromatic N) is 1. The van der Waals surface area contributed by atoms with Crippen molar-refractivity contribution in [3.8, 4) is 0 Å². The van der Waals surface area contributed by atoms with E-state index in [1.165, 1.54) is 0 Å². The summed E-state index contributed by atoms with van der Waals surface area (Å²) in [6, 6.07) is 0. The molecule has 5 heteroatoms. The molecule has 0 amide bonds. The summed E-state index contributed by atoms with van der Waals surface area (Å²) < 4.78 is 4.44. The Hall–Kier alpha value is -0.580. The molecule has 0 aliphatic rings. The van der Waals surface area contributed by atoms with Crippen LogP contribution in [0, 0.1) is 10.1 Å². The highest BCUT2D eigenvalue weighted by Gasteiger charge is 2.02. The minimum absolute atomic E-state index is 0.163. The van der Waals surface area contributed by atoms with Gasteiger partial charge < -0.3 is 4.74 Å². The Morgan fingerprint density at radius 2 is 2.56 bits per heavy atom. The number of halogens is 1. The number of hydrogen-bond donors (Lipinski definition) is 0. The van der Waals surface area contributed by atoms with E-state index in [0.29, 0.717) is 6.61 Å². The maximum atomic E-state index is 9.82. The van der Waals surface area contributed by atoms with Gasteiger partial charge in [0.05, 0.1) is 11.5 Å². The maximum Gasteiger partial charge on any atom is 0.344 e. The van der Waals surface area contributed by atoms with Gasteiger partial charge in [0.2, 0.25) is 0 Å². The van der Waals surface area contributed by atoms with Crippen LogP contribution in [0.4, 0.5) is 0 Å². The number of ether oxygens (including phenoxy) is 1. The third-order valence-corrected chi connectivity index (χ3v) is 0.998. The van der Waals surface area contributed by atoms with Gasteiger partial charge in [0.15, 0.2) is 6.26 Å². The zero-order chi connectivity index (χ0) is 7.28. The summed E-state index contributed by atoms with van der Waals surface area (Å²) in [5.41, 5.74) is 0. The molecule has 0 bridgehead atoms. The Balaban J connectivity index is 3.69. The number of nitro groups is 1. The number of rotatable bonds is 3. The van der Waals surface area contributed by atoms with Crippen LogP contribution in [0.1, 0.15) is 6.92 Å². The van der Waals surface area contributed by atoms with Crippen LogP contribution in [-0.4, -0.2) is 11.5 Å². The second-order valence-electron chi connectivity index (χ2n) is 1.15. The van der Waals surface area contributed by atoms with E-state index in [2.05, 4.69) is 20.7 Å². The highest BCUT2D eigenvalue weighted by atomic mass is 79.9. The van der Waals surface area contributed by atoms with E-state index >= 15 is 0 Å². The fourth-order valence-electron chi connectivity index (χ4n) is 0.195. The van der Waals surface area contributed by atoms with Gasteiger partial charge in [-0.2, -0.15) is 0 Å². The van der Waals surface area contributed by atoms with Gasteiger partial charge in [-0.05, 0) is 6.92 Å². The van der Waals surface area contributed by atoms with Crippen LogP contribution in [0.5, 0.6) is 0 Å². The third-order valence-electron chi connectivity index (χ3n) is 0.522. The minimum Gasteiger partial charge on any atom is -0.494 e. The van der Waals surface area contributed by atoms with Crippen molar-refractivity contribution >= 4 is 15.9 Å². The van der Waals surface area contributed by atoms with Crippen LogP contribution in [-0.2, 0) is 4.74 Å². The average molecular weight is 196 g/mol. The van der Waals surface area contributed by atoms with Crippen molar-refractivity contribution in [3.63, 3.8) is 0 Å². The third kappa shape index (κ3) is 3.96. The first-order valence-electron chi connectivity index (χ1n) is 2.30. The second kappa shape index (κ2) is 4.31. The van der Waals surface area contributed by atoms with Crippen molar-refractivity contribution in [1.82, 2.24) is 0 Å². The molecule has 0 aromatic rings. The molecule has 0 saturated heterocycles. The van der Waals surface area contributed by atoms with Gasteiger partial charge in [0.1, 0.15) is 0 Å². The standard InChI is InChI=1S/C4H6BrNO3/c1-2-9-3-4(5)6(7)8/h3H,2H2,1H3. The van der Waals surface area contributed by atoms with E-state index in [-0.39, 0.29) is 4.61 Å². The summed E-state index contributed by atoms with van der Waals surface area (Å²) in [7, 11) is 0. The summed E-state index contributed by atoms with van der Waals surface area (Å²) in [4.78, 5) is 9.24. The largest absolute Gasteiger partial charge is 0.494 e. The van der Waals surface area contributed by atoms with Crippen molar-refractivity contribution in [2.45, 2.75) is 6.92 Å². The lowest BCUT2D eigenvalue weighted by Crippen LogP contribution is -1.91. The van der Waals surface area contributed by atoms with Crippen LogP contribution < -0.4 is 0 Å². The van der Waals surface area contributed by atoms with E-state index in [4.69, 9.17) is 0 Å². The first kappa shape index (κ1) is 8.42. The fraction of sp³-hybridized carbons (Fsp3) is 0.500. The van der Waals surface area contributed by atoms with Crippen LogP contribution in [0.2, 0.25) is 0 Å². The molecule has 0 heterocycles. The molecule has 0 fully saturated rings. The van der Waals surface area contributed by atoms with E-state index in [9.17, 15) is 10.1 Å². The zero-order valence-corrected chi connectivity index (χ0v) is 6.42. The summed E-state index contributed by atoms with van der Waals surface area (Å²) in [6.45, 7) is 2.18. The average Bonchev–Trinajstić information content (AvgIpc) is 1.82. The quantitative estimate of drug-likeness (QED) is 0.297.